The second-order valence-electron chi connectivity index (χ2n) is 6.51. The van der Waals surface area contributed by atoms with Crippen LogP contribution in [-0.2, 0) is 24.3 Å². The lowest BCUT2D eigenvalue weighted by atomic mass is 10.2. The number of rotatable bonds is 9. The van der Waals surface area contributed by atoms with Gasteiger partial charge in [-0.15, -0.1) is 10.2 Å². The molecule has 1 N–H and O–H groups in total. The van der Waals surface area contributed by atoms with Gasteiger partial charge >= 0.3 is 0 Å². The Hall–Kier alpha value is -3.00. The van der Waals surface area contributed by atoms with Crippen molar-refractivity contribution in [3.8, 4) is 11.6 Å². The van der Waals surface area contributed by atoms with Crippen LogP contribution in [0.2, 0.25) is 0 Å². The van der Waals surface area contributed by atoms with Gasteiger partial charge in [-0.25, -0.2) is 0 Å². The Morgan fingerprint density at radius 3 is 2.75 bits per heavy atom. The summed E-state index contributed by atoms with van der Waals surface area (Å²) in [4.78, 5) is 14.2. The fourth-order valence-corrected chi connectivity index (χ4v) is 3.01. The lowest BCUT2D eigenvalue weighted by Crippen LogP contribution is -2.33. The first kappa shape index (κ1) is 19.8. The second-order valence-corrected chi connectivity index (χ2v) is 6.51. The molecule has 1 aromatic carbocycles. The van der Waals surface area contributed by atoms with Gasteiger partial charge in [-0.05, 0) is 25.5 Å². The van der Waals surface area contributed by atoms with Gasteiger partial charge in [0.25, 0.3) is 5.89 Å². The van der Waals surface area contributed by atoms with Crippen molar-refractivity contribution in [3.63, 3.8) is 0 Å². The van der Waals surface area contributed by atoms with Crippen LogP contribution in [0, 0.1) is 6.92 Å². The number of aryl methyl sites for hydroxylation is 3. The third-order valence-corrected chi connectivity index (χ3v) is 4.38. The standard InChI is InChI=1S/C20H25N5O3/c1-3-25-17(13-15(2)23-25)20-22-21-18(28-20)9-10-19(27)24(11-12-26)14-16-7-5-4-6-8-16/h4-8,13,26H,3,9-12,14H2,1-2H3. The van der Waals surface area contributed by atoms with Crippen LogP contribution in [0.4, 0.5) is 0 Å². The molecule has 0 aliphatic carbocycles. The summed E-state index contributed by atoms with van der Waals surface area (Å²) in [7, 11) is 0. The molecule has 2 aromatic heterocycles. The number of benzene rings is 1. The van der Waals surface area contributed by atoms with E-state index in [4.69, 9.17) is 4.42 Å². The normalized spacial score (nSPS) is 11.0. The van der Waals surface area contributed by atoms with E-state index in [0.717, 1.165) is 17.0 Å². The van der Waals surface area contributed by atoms with Crippen molar-refractivity contribution in [2.24, 2.45) is 0 Å². The van der Waals surface area contributed by atoms with Crippen LogP contribution in [0.25, 0.3) is 11.6 Å². The Kier molecular flexibility index (Phi) is 6.54. The molecule has 28 heavy (non-hydrogen) atoms. The van der Waals surface area contributed by atoms with Crippen LogP contribution in [0.3, 0.4) is 0 Å². The van der Waals surface area contributed by atoms with Crippen molar-refractivity contribution < 1.29 is 14.3 Å². The highest BCUT2D eigenvalue weighted by molar-refractivity contribution is 5.76. The van der Waals surface area contributed by atoms with Crippen LogP contribution in [0.5, 0.6) is 0 Å². The average Bonchev–Trinajstić information content (AvgIpc) is 3.32. The number of amides is 1. The smallest absolute Gasteiger partial charge is 0.265 e. The van der Waals surface area contributed by atoms with E-state index in [9.17, 15) is 9.90 Å². The highest BCUT2D eigenvalue weighted by atomic mass is 16.4. The molecule has 0 saturated carbocycles. The van der Waals surface area contributed by atoms with Crippen LogP contribution < -0.4 is 0 Å². The molecule has 0 atom stereocenters. The van der Waals surface area contributed by atoms with E-state index >= 15 is 0 Å². The largest absolute Gasteiger partial charge is 0.419 e. The van der Waals surface area contributed by atoms with Gasteiger partial charge in [-0.2, -0.15) is 5.10 Å². The topological polar surface area (TPSA) is 97.3 Å². The average molecular weight is 383 g/mol. The molecule has 3 rings (SSSR count). The number of aliphatic hydroxyl groups excluding tert-OH is 1. The van der Waals surface area contributed by atoms with Crippen LogP contribution in [-0.4, -0.2) is 49.0 Å². The van der Waals surface area contributed by atoms with Crippen molar-refractivity contribution >= 4 is 5.91 Å². The summed E-state index contributed by atoms with van der Waals surface area (Å²) in [6.07, 6.45) is 0.586. The maximum absolute atomic E-state index is 12.6. The van der Waals surface area contributed by atoms with E-state index in [1.54, 1.807) is 9.58 Å². The number of hydrogen-bond donors (Lipinski definition) is 1. The zero-order valence-corrected chi connectivity index (χ0v) is 16.2. The molecule has 0 unspecified atom stereocenters. The number of aliphatic hydroxyl groups is 1. The van der Waals surface area contributed by atoms with Gasteiger partial charge in [0, 0.05) is 32.5 Å². The van der Waals surface area contributed by atoms with E-state index in [1.807, 2.05) is 50.2 Å². The van der Waals surface area contributed by atoms with Gasteiger partial charge in [0.2, 0.25) is 11.8 Å². The summed E-state index contributed by atoms with van der Waals surface area (Å²) in [5, 5.41) is 21.8. The lowest BCUT2D eigenvalue weighted by Gasteiger charge is -2.21. The van der Waals surface area contributed by atoms with Crippen LogP contribution >= 0.6 is 0 Å². The van der Waals surface area contributed by atoms with E-state index in [-0.39, 0.29) is 25.5 Å². The first-order valence-corrected chi connectivity index (χ1v) is 9.40. The molecule has 8 heteroatoms. The van der Waals surface area contributed by atoms with Crippen molar-refractivity contribution in [2.75, 3.05) is 13.2 Å². The summed E-state index contributed by atoms with van der Waals surface area (Å²) < 4.78 is 7.54. The van der Waals surface area contributed by atoms with Gasteiger partial charge in [0.1, 0.15) is 5.69 Å². The van der Waals surface area contributed by atoms with Crippen molar-refractivity contribution in [1.82, 2.24) is 24.9 Å². The first-order valence-electron chi connectivity index (χ1n) is 9.40. The van der Waals surface area contributed by atoms with E-state index in [2.05, 4.69) is 15.3 Å². The molecule has 148 valence electrons. The quantitative estimate of drug-likeness (QED) is 0.608. The Morgan fingerprint density at radius 1 is 1.25 bits per heavy atom. The SMILES string of the molecule is CCn1nc(C)cc1-c1nnc(CCC(=O)N(CCO)Cc2ccccc2)o1. The molecule has 0 aliphatic heterocycles. The number of aromatic nitrogens is 4. The van der Waals surface area contributed by atoms with Crippen LogP contribution in [0.1, 0.15) is 30.5 Å². The number of carbonyl (C=O) groups excluding carboxylic acids is 1. The molecule has 8 nitrogen and oxygen atoms in total. The minimum absolute atomic E-state index is 0.0629. The van der Waals surface area contributed by atoms with Gasteiger partial charge in [0.15, 0.2) is 0 Å². The Bertz CT molecular complexity index is 904. The minimum Gasteiger partial charge on any atom is -0.419 e. The molecule has 0 radical (unpaired) electrons. The minimum atomic E-state index is -0.0797. The van der Waals surface area contributed by atoms with Crippen molar-refractivity contribution in [2.45, 2.75) is 39.8 Å². The van der Waals surface area contributed by atoms with E-state index in [0.29, 0.717) is 31.3 Å². The Morgan fingerprint density at radius 2 is 2.04 bits per heavy atom. The molecular formula is C20H25N5O3. The maximum Gasteiger partial charge on any atom is 0.265 e. The molecule has 0 fully saturated rings. The fraction of sp³-hybridized carbons (Fsp3) is 0.400. The molecule has 2 heterocycles. The van der Waals surface area contributed by atoms with Crippen molar-refractivity contribution in [1.29, 1.82) is 0 Å². The zero-order chi connectivity index (χ0) is 19.9. The summed E-state index contributed by atoms with van der Waals surface area (Å²) in [5.41, 5.74) is 2.68. The third-order valence-electron chi connectivity index (χ3n) is 4.38. The van der Waals surface area contributed by atoms with E-state index in [1.165, 1.54) is 0 Å². The van der Waals surface area contributed by atoms with Gasteiger partial charge < -0.3 is 14.4 Å². The zero-order valence-electron chi connectivity index (χ0n) is 16.2. The highest BCUT2D eigenvalue weighted by Gasteiger charge is 2.17. The van der Waals surface area contributed by atoms with Crippen molar-refractivity contribution in [3.05, 3.63) is 53.5 Å². The number of hydrogen-bond acceptors (Lipinski definition) is 6. The second kappa shape index (κ2) is 9.27. The fourth-order valence-electron chi connectivity index (χ4n) is 3.01. The summed E-state index contributed by atoms with van der Waals surface area (Å²) in [5.74, 6) is 0.752. The van der Waals surface area contributed by atoms with Gasteiger partial charge in [0.05, 0.1) is 12.3 Å². The molecule has 3 aromatic rings. The Balaban J connectivity index is 1.62. The molecule has 0 aliphatic rings. The molecule has 0 bridgehead atoms. The summed E-state index contributed by atoms with van der Waals surface area (Å²) in [6, 6.07) is 11.6. The summed E-state index contributed by atoms with van der Waals surface area (Å²) >= 11 is 0. The summed E-state index contributed by atoms with van der Waals surface area (Å²) in [6.45, 7) is 5.28. The number of carbonyl (C=O) groups is 1. The Labute approximate surface area is 163 Å². The van der Waals surface area contributed by atoms with E-state index < -0.39 is 0 Å². The van der Waals surface area contributed by atoms with Gasteiger partial charge in [-0.1, -0.05) is 30.3 Å². The molecular weight excluding hydrogens is 358 g/mol. The molecule has 0 saturated heterocycles. The number of nitrogens with zero attached hydrogens (tertiary/aromatic N) is 5. The predicted molar refractivity (Wildman–Crippen MR) is 103 cm³/mol. The first-order chi connectivity index (χ1) is 13.6. The lowest BCUT2D eigenvalue weighted by molar-refractivity contribution is -0.132. The third kappa shape index (κ3) is 4.83. The highest BCUT2D eigenvalue weighted by Crippen LogP contribution is 2.20. The maximum atomic E-state index is 12.6. The molecule has 1 amide bonds. The monoisotopic (exact) mass is 383 g/mol. The van der Waals surface area contributed by atoms with Gasteiger partial charge in [-0.3, -0.25) is 9.48 Å². The van der Waals surface area contributed by atoms with Crippen LogP contribution in [0.15, 0.2) is 40.8 Å². The predicted octanol–water partition coefficient (Wildman–Crippen LogP) is 2.22. The molecule has 0 spiro atoms.